The van der Waals surface area contributed by atoms with Crippen LogP contribution < -0.4 is 0 Å². The molecule has 0 radical (unpaired) electrons. The zero-order chi connectivity index (χ0) is 14.5. The number of nitrogens with zero attached hydrogens (tertiary/aromatic N) is 1. The van der Waals surface area contributed by atoms with Crippen molar-refractivity contribution < 1.29 is 9.90 Å². The van der Waals surface area contributed by atoms with E-state index in [1.807, 2.05) is 16.3 Å². The van der Waals surface area contributed by atoms with Gasteiger partial charge in [0.2, 0.25) is 5.91 Å². The Balaban J connectivity index is 1.94. The van der Waals surface area contributed by atoms with Crippen LogP contribution >= 0.6 is 11.3 Å². The molecule has 0 saturated carbocycles. The van der Waals surface area contributed by atoms with Gasteiger partial charge in [0.25, 0.3) is 0 Å². The predicted octanol–water partition coefficient (Wildman–Crippen LogP) is 2.49. The molecule has 1 saturated heterocycles. The Morgan fingerprint density at radius 1 is 1.55 bits per heavy atom. The summed E-state index contributed by atoms with van der Waals surface area (Å²) in [7, 11) is 0. The van der Waals surface area contributed by atoms with Gasteiger partial charge in [-0.25, -0.2) is 0 Å². The molecule has 0 bridgehead atoms. The number of aliphatic hydroxyl groups is 1. The fourth-order valence-electron chi connectivity index (χ4n) is 2.34. The summed E-state index contributed by atoms with van der Waals surface area (Å²) in [6.07, 6.45) is 1.19. The van der Waals surface area contributed by atoms with Crippen LogP contribution in [0.5, 0.6) is 0 Å². The molecular weight excluding hydrogens is 270 g/mol. The van der Waals surface area contributed by atoms with Crippen molar-refractivity contribution in [2.45, 2.75) is 33.2 Å². The second-order valence-electron chi connectivity index (χ2n) is 5.56. The van der Waals surface area contributed by atoms with E-state index in [1.54, 1.807) is 11.3 Å². The molecule has 1 aromatic heterocycles. The van der Waals surface area contributed by atoms with E-state index in [-0.39, 0.29) is 12.5 Å². The van der Waals surface area contributed by atoms with Crippen LogP contribution in [0.3, 0.4) is 0 Å². The fourth-order valence-corrected chi connectivity index (χ4v) is 3.17. The van der Waals surface area contributed by atoms with E-state index >= 15 is 0 Å². The van der Waals surface area contributed by atoms with E-state index < -0.39 is 0 Å². The van der Waals surface area contributed by atoms with Crippen molar-refractivity contribution >= 4 is 17.2 Å². The average molecular weight is 291 g/mol. The van der Waals surface area contributed by atoms with Crippen LogP contribution in [-0.2, 0) is 11.3 Å². The van der Waals surface area contributed by atoms with E-state index in [4.69, 9.17) is 5.11 Å². The molecule has 4 heteroatoms. The molecule has 1 aliphatic heterocycles. The van der Waals surface area contributed by atoms with Crippen molar-refractivity contribution in [3.05, 3.63) is 21.9 Å². The Hall–Kier alpha value is -1.31. The molecule has 0 aromatic carbocycles. The van der Waals surface area contributed by atoms with E-state index in [2.05, 4.69) is 25.7 Å². The highest BCUT2D eigenvalue weighted by Gasteiger charge is 2.31. The Bertz CT molecular complexity index is 524. The summed E-state index contributed by atoms with van der Waals surface area (Å²) in [5.41, 5.74) is 0.977. The summed E-state index contributed by atoms with van der Waals surface area (Å²) < 4.78 is 0. The number of carbonyl (C=O) groups excluding carboxylic acids is 1. The lowest BCUT2D eigenvalue weighted by atomic mass is 9.95. The zero-order valence-corrected chi connectivity index (χ0v) is 12.9. The van der Waals surface area contributed by atoms with E-state index in [0.717, 1.165) is 12.1 Å². The standard InChI is InChI=1S/C16H21NO2S/c1-12(2)14-8-16(19)17(9-14)10-15-7-13(11-20-15)5-3-4-6-18/h7,11-12,14,18H,4,6,8-10H2,1-2H3. The van der Waals surface area contributed by atoms with Crippen LogP contribution in [0.25, 0.3) is 0 Å². The highest BCUT2D eigenvalue weighted by atomic mass is 32.1. The maximum Gasteiger partial charge on any atom is 0.223 e. The lowest BCUT2D eigenvalue weighted by Crippen LogP contribution is -2.24. The van der Waals surface area contributed by atoms with Gasteiger partial charge in [-0.1, -0.05) is 25.7 Å². The van der Waals surface area contributed by atoms with E-state index in [9.17, 15) is 4.79 Å². The Morgan fingerprint density at radius 2 is 2.35 bits per heavy atom. The number of rotatable bonds is 4. The van der Waals surface area contributed by atoms with Gasteiger partial charge in [0.15, 0.2) is 0 Å². The molecule has 2 rings (SSSR count). The molecule has 1 N–H and O–H groups in total. The third kappa shape index (κ3) is 3.84. The highest BCUT2D eigenvalue weighted by molar-refractivity contribution is 7.10. The van der Waals surface area contributed by atoms with Crippen LogP contribution in [0.2, 0.25) is 0 Å². The van der Waals surface area contributed by atoms with Crippen LogP contribution in [0.15, 0.2) is 11.4 Å². The summed E-state index contributed by atoms with van der Waals surface area (Å²) >= 11 is 1.65. The number of hydrogen-bond acceptors (Lipinski definition) is 3. The molecule has 1 atom stereocenters. The molecule has 1 aromatic rings. The molecule has 1 unspecified atom stereocenters. The Kier molecular flexibility index (Phi) is 5.22. The van der Waals surface area contributed by atoms with Gasteiger partial charge in [-0.15, -0.1) is 11.3 Å². The van der Waals surface area contributed by atoms with Gasteiger partial charge >= 0.3 is 0 Å². The largest absolute Gasteiger partial charge is 0.395 e. The van der Waals surface area contributed by atoms with Crippen molar-refractivity contribution in [1.29, 1.82) is 0 Å². The third-order valence-corrected chi connectivity index (χ3v) is 4.58. The molecule has 1 aliphatic rings. The predicted molar refractivity (Wildman–Crippen MR) is 81.3 cm³/mol. The van der Waals surface area contributed by atoms with Gasteiger partial charge in [0.05, 0.1) is 13.2 Å². The maximum atomic E-state index is 12.0. The summed E-state index contributed by atoms with van der Waals surface area (Å²) in [4.78, 5) is 15.1. The summed E-state index contributed by atoms with van der Waals surface area (Å²) in [5.74, 6) is 7.26. The molecule has 0 spiro atoms. The van der Waals surface area contributed by atoms with Crippen LogP contribution in [0.4, 0.5) is 0 Å². The Labute approximate surface area is 124 Å². The van der Waals surface area contributed by atoms with Crippen LogP contribution in [0.1, 0.15) is 37.1 Å². The van der Waals surface area contributed by atoms with Gasteiger partial charge < -0.3 is 10.0 Å². The number of amides is 1. The van der Waals surface area contributed by atoms with Crippen LogP contribution in [0, 0.1) is 23.7 Å². The van der Waals surface area contributed by atoms with Gasteiger partial charge in [0.1, 0.15) is 0 Å². The smallest absolute Gasteiger partial charge is 0.223 e. The molecule has 0 aliphatic carbocycles. The topological polar surface area (TPSA) is 40.5 Å². The number of hydrogen-bond donors (Lipinski definition) is 1. The Morgan fingerprint density at radius 3 is 3.00 bits per heavy atom. The van der Waals surface area contributed by atoms with Gasteiger partial charge in [-0.05, 0) is 17.9 Å². The third-order valence-electron chi connectivity index (χ3n) is 3.66. The zero-order valence-electron chi connectivity index (χ0n) is 12.1. The highest BCUT2D eigenvalue weighted by Crippen LogP contribution is 2.27. The monoisotopic (exact) mass is 291 g/mol. The normalized spacial score (nSPS) is 18.5. The molecular formula is C16H21NO2S. The quantitative estimate of drug-likeness (QED) is 0.866. The second kappa shape index (κ2) is 6.92. The average Bonchev–Trinajstić information content (AvgIpc) is 2.98. The van der Waals surface area contributed by atoms with Gasteiger partial charge in [-0.3, -0.25) is 4.79 Å². The molecule has 2 heterocycles. The minimum Gasteiger partial charge on any atom is -0.395 e. The molecule has 108 valence electrons. The summed E-state index contributed by atoms with van der Waals surface area (Å²) in [5, 5.41) is 10.7. The lowest BCUT2D eigenvalue weighted by Gasteiger charge is -2.17. The second-order valence-corrected chi connectivity index (χ2v) is 6.56. The van der Waals surface area contributed by atoms with E-state index in [0.29, 0.717) is 31.2 Å². The van der Waals surface area contributed by atoms with Crippen LogP contribution in [-0.4, -0.2) is 29.1 Å². The SMILES string of the molecule is CC(C)C1CC(=O)N(Cc2cc(C#CCCO)cs2)C1. The maximum absolute atomic E-state index is 12.0. The number of carbonyl (C=O) groups is 1. The fraction of sp³-hybridized carbons (Fsp3) is 0.562. The first-order valence-electron chi connectivity index (χ1n) is 7.05. The first-order chi connectivity index (χ1) is 9.60. The van der Waals surface area contributed by atoms with Crippen molar-refractivity contribution in [2.75, 3.05) is 13.2 Å². The molecule has 1 amide bonds. The van der Waals surface area contributed by atoms with Crippen molar-refractivity contribution in [3.63, 3.8) is 0 Å². The minimum absolute atomic E-state index is 0.100. The van der Waals surface area contributed by atoms with Crippen molar-refractivity contribution in [1.82, 2.24) is 4.90 Å². The summed E-state index contributed by atoms with van der Waals surface area (Å²) in [6, 6.07) is 2.05. The molecule has 1 fully saturated rings. The minimum atomic E-state index is 0.100. The number of aliphatic hydroxyl groups excluding tert-OH is 1. The number of thiophene rings is 1. The first kappa shape index (κ1) is 15.1. The van der Waals surface area contributed by atoms with Gasteiger partial charge in [-0.2, -0.15) is 0 Å². The summed E-state index contributed by atoms with van der Waals surface area (Å²) in [6.45, 7) is 6.04. The molecule has 3 nitrogen and oxygen atoms in total. The first-order valence-corrected chi connectivity index (χ1v) is 7.93. The lowest BCUT2D eigenvalue weighted by molar-refractivity contribution is -0.128. The van der Waals surface area contributed by atoms with Crippen molar-refractivity contribution in [3.8, 4) is 11.8 Å². The van der Waals surface area contributed by atoms with E-state index in [1.165, 1.54) is 4.88 Å². The molecule has 20 heavy (non-hydrogen) atoms. The van der Waals surface area contributed by atoms with Crippen molar-refractivity contribution in [2.24, 2.45) is 11.8 Å². The van der Waals surface area contributed by atoms with Gasteiger partial charge in [0, 0.05) is 35.2 Å². The number of likely N-dealkylation sites (tertiary alicyclic amines) is 1.